The third-order valence-corrected chi connectivity index (χ3v) is 4.15. The topological polar surface area (TPSA) is 59.1 Å². The predicted molar refractivity (Wildman–Crippen MR) is 83.1 cm³/mol. The number of esters is 1. The van der Waals surface area contributed by atoms with E-state index in [1.54, 1.807) is 11.0 Å². The van der Waals surface area contributed by atoms with Crippen LogP contribution in [0.3, 0.4) is 0 Å². The Bertz CT molecular complexity index is 590. The second-order valence-corrected chi connectivity index (χ2v) is 5.69. The van der Waals surface area contributed by atoms with Crippen molar-refractivity contribution in [1.29, 1.82) is 0 Å². The zero-order valence-corrected chi connectivity index (χ0v) is 12.9. The molecule has 23 heavy (non-hydrogen) atoms. The molecule has 2 bridgehead atoms. The van der Waals surface area contributed by atoms with E-state index in [-0.39, 0.29) is 31.3 Å². The van der Waals surface area contributed by atoms with Crippen LogP contribution in [-0.4, -0.2) is 47.2 Å². The van der Waals surface area contributed by atoms with Crippen LogP contribution in [0, 0.1) is 0 Å². The van der Waals surface area contributed by atoms with Crippen molar-refractivity contribution in [3.63, 3.8) is 0 Å². The molecule has 1 aromatic carbocycles. The lowest BCUT2D eigenvalue weighted by Crippen LogP contribution is -2.45. The highest BCUT2D eigenvalue weighted by molar-refractivity contribution is 5.85. The first kappa shape index (κ1) is 15.6. The van der Waals surface area contributed by atoms with Crippen LogP contribution in [0.25, 0.3) is 0 Å². The fourth-order valence-electron chi connectivity index (χ4n) is 3.00. The van der Waals surface area contributed by atoms with Crippen LogP contribution in [0.1, 0.15) is 18.4 Å². The van der Waals surface area contributed by atoms with Gasteiger partial charge in [-0.05, 0) is 18.4 Å². The Morgan fingerprint density at radius 1 is 1.30 bits per heavy atom. The number of benzene rings is 1. The van der Waals surface area contributed by atoms with Gasteiger partial charge in [0.15, 0.2) is 0 Å². The molecular weight excluding hydrogens is 296 g/mol. The lowest BCUT2D eigenvalue weighted by molar-refractivity contribution is -0.151. The molecule has 2 atom stereocenters. The molecule has 2 aliphatic heterocycles. The average molecular weight is 316 g/mol. The van der Waals surface area contributed by atoms with E-state index in [0.29, 0.717) is 13.0 Å². The summed E-state index contributed by atoms with van der Waals surface area (Å²) in [4.78, 5) is 31.7. The molecule has 0 N–H and O–H groups in total. The van der Waals surface area contributed by atoms with Gasteiger partial charge in [-0.25, -0.2) is 9.59 Å². The maximum absolute atomic E-state index is 12.4. The lowest BCUT2D eigenvalue weighted by Gasteiger charge is -2.28. The molecule has 2 saturated heterocycles. The molecule has 3 rings (SSSR count). The normalized spacial score (nSPS) is 23.0. The standard InChI is InChI=1S/C17H20N2O4/c1-2-10-23-19-14-8-9-15(18(11-14)17(19)21)16(20)22-12-13-6-4-3-5-7-13/h2-7,14-15H,1,8-12H2/t14-,15+/m1/s1. The van der Waals surface area contributed by atoms with Crippen molar-refractivity contribution in [3.8, 4) is 0 Å². The van der Waals surface area contributed by atoms with Crippen LogP contribution in [0.4, 0.5) is 4.79 Å². The van der Waals surface area contributed by atoms with Crippen molar-refractivity contribution in [2.75, 3.05) is 13.2 Å². The van der Waals surface area contributed by atoms with Gasteiger partial charge in [0.25, 0.3) is 0 Å². The molecule has 2 aliphatic rings. The van der Waals surface area contributed by atoms with E-state index in [1.807, 2.05) is 30.3 Å². The number of hydrogen-bond donors (Lipinski definition) is 0. The Balaban J connectivity index is 1.60. The van der Waals surface area contributed by atoms with Gasteiger partial charge in [-0.3, -0.25) is 4.84 Å². The van der Waals surface area contributed by atoms with Gasteiger partial charge in [0.05, 0.1) is 12.6 Å². The third-order valence-electron chi connectivity index (χ3n) is 4.15. The molecule has 6 nitrogen and oxygen atoms in total. The van der Waals surface area contributed by atoms with Crippen LogP contribution in [0.5, 0.6) is 0 Å². The van der Waals surface area contributed by atoms with E-state index < -0.39 is 6.04 Å². The first-order chi connectivity index (χ1) is 11.2. The summed E-state index contributed by atoms with van der Waals surface area (Å²) in [5, 5.41) is 1.37. The Labute approximate surface area is 135 Å². The van der Waals surface area contributed by atoms with Crippen LogP contribution >= 0.6 is 0 Å². The summed E-state index contributed by atoms with van der Waals surface area (Å²) < 4.78 is 5.37. The van der Waals surface area contributed by atoms with Crippen molar-refractivity contribution in [2.24, 2.45) is 0 Å². The Morgan fingerprint density at radius 3 is 2.83 bits per heavy atom. The van der Waals surface area contributed by atoms with Crippen molar-refractivity contribution < 1.29 is 19.2 Å². The van der Waals surface area contributed by atoms with Gasteiger partial charge in [-0.2, -0.15) is 5.06 Å². The highest BCUT2D eigenvalue weighted by Gasteiger charge is 2.48. The van der Waals surface area contributed by atoms with Crippen LogP contribution in [0.2, 0.25) is 0 Å². The summed E-state index contributed by atoms with van der Waals surface area (Å²) in [7, 11) is 0. The molecule has 2 amide bonds. The third kappa shape index (κ3) is 3.22. The number of nitrogens with zero attached hydrogens (tertiary/aromatic N) is 2. The SMILES string of the molecule is C=CCON1C(=O)N2C[C@H]1CC[C@H]2C(=O)OCc1ccccc1. The number of carbonyl (C=O) groups excluding carboxylic acids is 2. The van der Waals surface area contributed by atoms with Gasteiger partial charge in [0.1, 0.15) is 12.6 Å². The van der Waals surface area contributed by atoms with Gasteiger partial charge in [0, 0.05) is 6.54 Å². The fraction of sp³-hybridized carbons (Fsp3) is 0.412. The van der Waals surface area contributed by atoms with E-state index in [1.165, 1.54) is 5.06 Å². The zero-order chi connectivity index (χ0) is 16.2. The van der Waals surface area contributed by atoms with E-state index in [4.69, 9.17) is 9.57 Å². The second-order valence-electron chi connectivity index (χ2n) is 5.69. The summed E-state index contributed by atoms with van der Waals surface area (Å²) in [6.45, 7) is 4.58. The molecule has 2 fully saturated rings. The summed E-state index contributed by atoms with van der Waals surface area (Å²) in [5.41, 5.74) is 0.929. The van der Waals surface area contributed by atoms with Crippen LogP contribution in [-0.2, 0) is 21.0 Å². The van der Waals surface area contributed by atoms with Crippen molar-refractivity contribution in [2.45, 2.75) is 31.5 Å². The largest absolute Gasteiger partial charge is 0.459 e. The predicted octanol–water partition coefficient (Wildman–Crippen LogP) is 2.12. The highest BCUT2D eigenvalue weighted by Crippen LogP contribution is 2.30. The minimum atomic E-state index is -0.528. The number of hydroxylamine groups is 2. The van der Waals surface area contributed by atoms with Crippen molar-refractivity contribution in [3.05, 3.63) is 48.6 Å². The van der Waals surface area contributed by atoms with Crippen molar-refractivity contribution >= 4 is 12.0 Å². The first-order valence-corrected chi connectivity index (χ1v) is 7.75. The van der Waals surface area contributed by atoms with Gasteiger partial charge in [-0.15, -0.1) is 6.58 Å². The molecule has 0 unspecified atom stereocenters. The quantitative estimate of drug-likeness (QED) is 0.596. The van der Waals surface area contributed by atoms with Crippen LogP contribution in [0.15, 0.2) is 43.0 Å². The Hall–Kier alpha value is -2.34. The van der Waals surface area contributed by atoms with Crippen molar-refractivity contribution in [1.82, 2.24) is 9.96 Å². The second kappa shape index (κ2) is 6.83. The molecule has 0 aliphatic carbocycles. The number of rotatable bonds is 6. The Kier molecular flexibility index (Phi) is 4.62. The maximum atomic E-state index is 12.4. The number of piperidine rings is 1. The average Bonchev–Trinajstić information content (AvgIpc) is 2.83. The smallest absolute Gasteiger partial charge is 0.345 e. The number of hydrogen-bond acceptors (Lipinski definition) is 4. The van der Waals surface area contributed by atoms with Gasteiger partial charge >= 0.3 is 12.0 Å². The molecule has 0 saturated carbocycles. The molecule has 0 radical (unpaired) electrons. The number of carbonyl (C=O) groups is 2. The maximum Gasteiger partial charge on any atom is 0.345 e. The molecule has 2 heterocycles. The molecule has 122 valence electrons. The summed E-state index contributed by atoms with van der Waals surface area (Å²) in [6, 6.07) is 8.70. The van der Waals surface area contributed by atoms with E-state index in [0.717, 1.165) is 12.0 Å². The highest BCUT2D eigenvalue weighted by atomic mass is 16.7. The zero-order valence-electron chi connectivity index (χ0n) is 12.9. The summed E-state index contributed by atoms with van der Waals surface area (Å²) in [6.07, 6.45) is 2.92. The number of amides is 2. The molecular formula is C17H20N2O4. The van der Waals surface area contributed by atoms with Gasteiger partial charge in [0.2, 0.25) is 0 Å². The lowest BCUT2D eigenvalue weighted by atomic mass is 10.0. The van der Waals surface area contributed by atoms with Gasteiger partial charge in [-0.1, -0.05) is 36.4 Å². The van der Waals surface area contributed by atoms with Crippen LogP contribution < -0.4 is 0 Å². The van der Waals surface area contributed by atoms with E-state index in [2.05, 4.69) is 6.58 Å². The molecule has 0 aromatic heterocycles. The first-order valence-electron chi connectivity index (χ1n) is 7.75. The summed E-state index contributed by atoms with van der Waals surface area (Å²) in [5.74, 6) is -0.355. The van der Waals surface area contributed by atoms with E-state index in [9.17, 15) is 9.59 Å². The molecule has 0 spiro atoms. The fourth-order valence-corrected chi connectivity index (χ4v) is 3.00. The summed E-state index contributed by atoms with van der Waals surface area (Å²) >= 11 is 0. The minimum Gasteiger partial charge on any atom is -0.459 e. The Morgan fingerprint density at radius 2 is 2.09 bits per heavy atom. The van der Waals surface area contributed by atoms with Gasteiger partial charge < -0.3 is 9.64 Å². The molecule has 1 aromatic rings. The number of fused-ring (bicyclic) bond motifs is 2. The monoisotopic (exact) mass is 316 g/mol. The minimum absolute atomic E-state index is 0.000577. The number of ether oxygens (including phenoxy) is 1. The van der Waals surface area contributed by atoms with E-state index >= 15 is 0 Å². The number of urea groups is 1. The molecule has 6 heteroatoms.